The molecule has 0 radical (unpaired) electrons. The number of carboxylic acids is 3. The third kappa shape index (κ3) is 1.76. The van der Waals surface area contributed by atoms with Crippen molar-refractivity contribution in [1.29, 1.82) is 0 Å². The van der Waals surface area contributed by atoms with Crippen LogP contribution in [0.3, 0.4) is 0 Å². The van der Waals surface area contributed by atoms with Crippen molar-refractivity contribution in [1.82, 2.24) is 0 Å². The minimum atomic E-state index is -2.76. The van der Waals surface area contributed by atoms with Gasteiger partial charge in [-0.3, -0.25) is 9.59 Å². The summed E-state index contributed by atoms with van der Waals surface area (Å²) in [5.74, 6) is -5.33. The van der Waals surface area contributed by atoms with Crippen LogP contribution in [-0.4, -0.2) is 43.9 Å². The van der Waals surface area contributed by atoms with Crippen molar-refractivity contribution in [2.24, 2.45) is 11.3 Å². The zero-order chi connectivity index (χ0) is 13.4. The van der Waals surface area contributed by atoms with Crippen molar-refractivity contribution < 1.29 is 34.8 Å². The molecular formula is C10H14O7. The van der Waals surface area contributed by atoms with E-state index in [9.17, 15) is 19.5 Å². The molecule has 0 aromatic carbocycles. The summed E-state index contributed by atoms with van der Waals surface area (Å²) >= 11 is 0. The van der Waals surface area contributed by atoms with Crippen molar-refractivity contribution in [2.75, 3.05) is 0 Å². The van der Waals surface area contributed by atoms with Crippen LogP contribution in [0.1, 0.15) is 26.2 Å². The van der Waals surface area contributed by atoms with Crippen LogP contribution in [0.4, 0.5) is 0 Å². The summed E-state index contributed by atoms with van der Waals surface area (Å²) < 4.78 is 0. The van der Waals surface area contributed by atoms with Crippen LogP contribution in [0.25, 0.3) is 0 Å². The lowest BCUT2D eigenvalue weighted by Crippen LogP contribution is -2.53. The number of rotatable bonds is 6. The predicted molar refractivity (Wildman–Crippen MR) is 53.3 cm³/mol. The summed E-state index contributed by atoms with van der Waals surface area (Å²) in [5, 5.41) is 36.6. The molecule has 1 fully saturated rings. The largest absolute Gasteiger partial charge is 0.481 e. The van der Waals surface area contributed by atoms with Crippen molar-refractivity contribution in [2.45, 2.75) is 31.8 Å². The Bertz CT molecular complexity index is 377. The average Bonchev–Trinajstić information content (AvgIpc) is 2.91. The van der Waals surface area contributed by atoms with Gasteiger partial charge in [-0.2, -0.15) is 0 Å². The summed E-state index contributed by atoms with van der Waals surface area (Å²) in [4.78, 5) is 32.8. The summed E-state index contributed by atoms with van der Waals surface area (Å²) in [7, 11) is 0. The highest BCUT2D eigenvalue weighted by Crippen LogP contribution is 2.62. The molecule has 1 saturated carbocycles. The summed E-state index contributed by atoms with van der Waals surface area (Å²) in [6, 6.07) is 0. The van der Waals surface area contributed by atoms with Gasteiger partial charge in [-0.1, -0.05) is 13.3 Å². The maximum absolute atomic E-state index is 11.2. The van der Waals surface area contributed by atoms with Gasteiger partial charge < -0.3 is 20.4 Å². The molecule has 0 bridgehead atoms. The van der Waals surface area contributed by atoms with Crippen molar-refractivity contribution >= 4 is 17.9 Å². The fourth-order valence-electron chi connectivity index (χ4n) is 2.41. The molecule has 0 amide bonds. The molecule has 1 rings (SSSR count). The van der Waals surface area contributed by atoms with Gasteiger partial charge in [-0.05, 0) is 12.3 Å². The molecule has 17 heavy (non-hydrogen) atoms. The van der Waals surface area contributed by atoms with E-state index >= 15 is 0 Å². The third-order valence-electron chi connectivity index (χ3n) is 3.48. The fraction of sp³-hybridized carbons (Fsp3) is 0.700. The van der Waals surface area contributed by atoms with E-state index in [-0.39, 0.29) is 6.42 Å². The Morgan fingerprint density at radius 3 is 2.06 bits per heavy atom. The van der Waals surface area contributed by atoms with E-state index in [1.165, 1.54) is 0 Å². The molecule has 1 aliphatic carbocycles. The van der Waals surface area contributed by atoms with E-state index in [1.54, 1.807) is 6.92 Å². The minimum Gasteiger partial charge on any atom is -0.481 e. The molecule has 0 spiro atoms. The Morgan fingerprint density at radius 1 is 1.29 bits per heavy atom. The van der Waals surface area contributed by atoms with Crippen LogP contribution >= 0.6 is 0 Å². The molecule has 4 N–H and O–H groups in total. The Labute approximate surface area is 96.7 Å². The van der Waals surface area contributed by atoms with Gasteiger partial charge in [0.15, 0.2) is 5.60 Å². The Kier molecular flexibility index (Phi) is 3.15. The zero-order valence-corrected chi connectivity index (χ0v) is 9.21. The van der Waals surface area contributed by atoms with E-state index in [1.807, 2.05) is 0 Å². The van der Waals surface area contributed by atoms with Gasteiger partial charge in [0.2, 0.25) is 0 Å². The average molecular weight is 246 g/mol. The second-order valence-corrected chi connectivity index (χ2v) is 4.32. The first-order valence-electron chi connectivity index (χ1n) is 5.13. The molecular weight excluding hydrogens is 232 g/mol. The molecule has 0 aromatic heterocycles. The van der Waals surface area contributed by atoms with E-state index in [4.69, 9.17) is 15.3 Å². The van der Waals surface area contributed by atoms with Gasteiger partial charge in [0.05, 0.1) is 6.42 Å². The van der Waals surface area contributed by atoms with E-state index < -0.39 is 41.3 Å². The van der Waals surface area contributed by atoms with Crippen LogP contribution in [0, 0.1) is 11.3 Å². The quantitative estimate of drug-likeness (QED) is 0.509. The highest BCUT2D eigenvalue weighted by Gasteiger charge is 2.74. The second kappa shape index (κ2) is 3.99. The van der Waals surface area contributed by atoms with Crippen LogP contribution < -0.4 is 0 Å². The Balaban J connectivity index is 3.18. The van der Waals surface area contributed by atoms with Crippen LogP contribution in [0.2, 0.25) is 0 Å². The molecule has 0 saturated heterocycles. The van der Waals surface area contributed by atoms with Crippen molar-refractivity contribution in [3.63, 3.8) is 0 Å². The van der Waals surface area contributed by atoms with Gasteiger partial charge in [0.1, 0.15) is 5.41 Å². The molecule has 7 heteroatoms. The second-order valence-electron chi connectivity index (χ2n) is 4.32. The summed E-state index contributed by atoms with van der Waals surface area (Å²) in [6.45, 7) is 1.67. The fourth-order valence-corrected chi connectivity index (χ4v) is 2.41. The lowest BCUT2D eigenvalue weighted by atomic mass is 9.79. The number of aliphatic carboxylic acids is 3. The number of carbonyl (C=O) groups is 3. The zero-order valence-electron chi connectivity index (χ0n) is 9.21. The number of carboxylic acid groups (broad SMARTS) is 3. The molecule has 1 aliphatic rings. The normalized spacial score (nSPS) is 30.4. The van der Waals surface area contributed by atoms with Crippen LogP contribution in [0.5, 0.6) is 0 Å². The van der Waals surface area contributed by atoms with Crippen LogP contribution in [-0.2, 0) is 14.4 Å². The molecule has 96 valence electrons. The maximum Gasteiger partial charge on any atom is 0.337 e. The summed E-state index contributed by atoms with van der Waals surface area (Å²) in [6.07, 6.45) is -0.762. The first kappa shape index (κ1) is 13.4. The first-order valence-corrected chi connectivity index (χ1v) is 5.13. The maximum atomic E-state index is 11.2. The smallest absolute Gasteiger partial charge is 0.337 e. The van der Waals surface area contributed by atoms with Gasteiger partial charge in [-0.15, -0.1) is 0 Å². The molecule has 3 atom stereocenters. The lowest BCUT2D eigenvalue weighted by molar-refractivity contribution is -0.183. The SMILES string of the molecule is CCC1CC1(C(=O)O)C(O)(CC(=O)O)C(=O)O. The molecule has 0 aliphatic heterocycles. The van der Waals surface area contributed by atoms with E-state index in [2.05, 4.69) is 0 Å². The third-order valence-corrected chi connectivity index (χ3v) is 3.48. The molecule has 3 unspecified atom stereocenters. The van der Waals surface area contributed by atoms with Crippen molar-refractivity contribution in [3.05, 3.63) is 0 Å². The van der Waals surface area contributed by atoms with E-state index in [0.717, 1.165) is 0 Å². The highest BCUT2D eigenvalue weighted by atomic mass is 16.4. The highest BCUT2D eigenvalue weighted by molar-refractivity contribution is 5.94. The summed E-state index contributed by atoms with van der Waals surface area (Å²) in [5.41, 5.74) is -4.64. The van der Waals surface area contributed by atoms with Gasteiger partial charge in [0, 0.05) is 0 Å². The van der Waals surface area contributed by atoms with E-state index in [0.29, 0.717) is 6.42 Å². The minimum absolute atomic E-state index is 0.0189. The molecule has 0 heterocycles. The standard InChI is InChI=1S/C10H14O7/c1-2-5-3-9(5,7(13)14)10(17,8(15)16)4-6(11)12/h5,17H,2-4H2,1H3,(H,11,12)(H,13,14)(H,15,16). The topological polar surface area (TPSA) is 132 Å². The molecule has 7 nitrogen and oxygen atoms in total. The lowest BCUT2D eigenvalue weighted by Gasteiger charge is -2.29. The Hall–Kier alpha value is -1.63. The monoisotopic (exact) mass is 246 g/mol. The molecule has 0 aromatic rings. The Morgan fingerprint density at radius 2 is 1.82 bits per heavy atom. The first-order chi connectivity index (χ1) is 7.72. The predicted octanol–water partition coefficient (Wildman–Crippen LogP) is -0.222. The van der Waals surface area contributed by atoms with Gasteiger partial charge in [0.25, 0.3) is 0 Å². The van der Waals surface area contributed by atoms with Gasteiger partial charge in [-0.25, -0.2) is 4.79 Å². The van der Waals surface area contributed by atoms with Crippen LogP contribution in [0.15, 0.2) is 0 Å². The number of hydrogen-bond donors (Lipinski definition) is 4. The van der Waals surface area contributed by atoms with Crippen molar-refractivity contribution in [3.8, 4) is 0 Å². The number of hydrogen-bond acceptors (Lipinski definition) is 4. The van der Waals surface area contributed by atoms with Gasteiger partial charge >= 0.3 is 17.9 Å². The number of aliphatic hydroxyl groups is 1.